The van der Waals surface area contributed by atoms with Crippen molar-refractivity contribution in [3.05, 3.63) is 53.5 Å². The highest BCUT2D eigenvalue weighted by Crippen LogP contribution is 2.30. The molecule has 1 fully saturated rings. The van der Waals surface area contributed by atoms with Crippen LogP contribution >= 0.6 is 0 Å². The summed E-state index contributed by atoms with van der Waals surface area (Å²) in [4.78, 5) is 26.5. The smallest absolute Gasteiger partial charge is 0.416 e. The minimum absolute atomic E-state index is 0.133. The van der Waals surface area contributed by atoms with Gasteiger partial charge in [-0.3, -0.25) is 9.59 Å². The Balaban J connectivity index is 1.48. The summed E-state index contributed by atoms with van der Waals surface area (Å²) in [7, 11) is 0. The molecule has 1 N–H and O–H groups in total. The van der Waals surface area contributed by atoms with Gasteiger partial charge < -0.3 is 14.6 Å². The van der Waals surface area contributed by atoms with Crippen LogP contribution in [0.2, 0.25) is 0 Å². The molecule has 1 aromatic heterocycles. The summed E-state index contributed by atoms with van der Waals surface area (Å²) < 4.78 is 43.0. The van der Waals surface area contributed by atoms with E-state index < -0.39 is 11.7 Å². The van der Waals surface area contributed by atoms with Crippen molar-refractivity contribution in [2.45, 2.75) is 38.8 Å². The third-order valence-corrected chi connectivity index (χ3v) is 5.14. The molecule has 2 amide bonds. The maximum Gasteiger partial charge on any atom is 0.416 e. The minimum Gasteiger partial charge on any atom is -0.459 e. The average molecular weight is 408 g/mol. The Labute approximate surface area is 166 Å². The van der Waals surface area contributed by atoms with E-state index in [0.29, 0.717) is 31.0 Å². The fraction of sp³-hybridized carbons (Fsp3) is 0.429. The van der Waals surface area contributed by atoms with Gasteiger partial charge in [-0.2, -0.15) is 13.2 Å². The summed E-state index contributed by atoms with van der Waals surface area (Å²) in [5.41, 5.74) is 0.374. The van der Waals surface area contributed by atoms with Crippen molar-refractivity contribution in [1.29, 1.82) is 0 Å². The molecular weight excluding hydrogens is 385 g/mol. The molecule has 0 unspecified atom stereocenters. The number of carbonyl (C=O) groups is 2. The second-order valence-electron chi connectivity index (χ2n) is 7.35. The Bertz CT molecular complexity index is 859. The Hall–Kier alpha value is -2.77. The summed E-state index contributed by atoms with van der Waals surface area (Å²) in [6.07, 6.45) is -0.275. The second-order valence-corrected chi connectivity index (χ2v) is 7.35. The molecule has 8 heteroatoms. The molecule has 1 aromatic carbocycles. The van der Waals surface area contributed by atoms with E-state index in [-0.39, 0.29) is 24.2 Å². The minimum atomic E-state index is -4.40. The number of hydrogen-bond donors (Lipinski definition) is 1. The lowest BCUT2D eigenvalue weighted by molar-refractivity contribution is -0.137. The molecule has 0 aliphatic carbocycles. The van der Waals surface area contributed by atoms with Crippen LogP contribution < -0.4 is 5.32 Å². The largest absolute Gasteiger partial charge is 0.459 e. The van der Waals surface area contributed by atoms with Crippen molar-refractivity contribution in [1.82, 2.24) is 4.90 Å². The van der Waals surface area contributed by atoms with Gasteiger partial charge in [0.1, 0.15) is 0 Å². The monoisotopic (exact) mass is 408 g/mol. The zero-order valence-corrected chi connectivity index (χ0v) is 16.1. The van der Waals surface area contributed by atoms with Gasteiger partial charge in [0.2, 0.25) is 5.91 Å². The summed E-state index contributed by atoms with van der Waals surface area (Å²) in [5.74, 6) is 0.161. The number of carbonyl (C=O) groups excluding carboxylic acids is 2. The highest BCUT2D eigenvalue weighted by Gasteiger charge is 2.30. The highest BCUT2D eigenvalue weighted by atomic mass is 19.4. The van der Waals surface area contributed by atoms with Gasteiger partial charge in [0.25, 0.3) is 5.91 Å². The van der Waals surface area contributed by atoms with E-state index in [1.807, 2.05) is 6.92 Å². The summed E-state index contributed by atoms with van der Waals surface area (Å²) in [6, 6.07) is 6.12. The number of furan rings is 1. The lowest BCUT2D eigenvalue weighted by Crippen LogP contribution is -2.40. The summed E-state index contributed by atoms with van der Waals surface area (Å²) in [6.45, 7) is 3.05. The molecule has 1 atom stereocenters. The fourth-order valence-corrected chi connectivity index (χ4v) is 3.52. The van der Waals surface area contributed by atoms with Gasteiger partial charge in [0.05, 0.1) is 11.8 Å². The quantitative estimate of drug-likeness (QED) is 0.767. The van der Waals surface area contributed by atoms with Crippen LogP contribution in [-0.2, 0) is 11.0 Å². The summed E-state index contributed by atoms with van der Waals surface area (Å²) >= 11 is 0. The van der Waals surface area contributed by atoms with E-state index in [9.17, 15) is 22.8 Å². The van der Waals surface area contributed by atoms with Gasteiger partial charge >= 0.3 is 6.18 Å². The summed E-state index contributed by atoms with van der Waals surface area (Å²) in [5, 5.41) is 2.62. The number of hydrogen-bond acceptors (Lipinski definition) is 3. The zero-order chi connectivity index (χ0) is 21.0. The number of alkyl halides is 3. The first-order valence-electron chi connectivity index (χ1n) is 9.54. The lowest BCUT2D eigenvalue weighted by Gasteiger charge is -2.32. The third-order valence-electron chi connectivity index (χ3n) is 5.14. The number of aryl methyl sites for hydroxylation is 1. The number of halogens is 3. The number of nitrogens with zero attached hydrogens (tertiary/aromatic N) is 1. The van der Waals surface area contributed by atoms with Gasteiger partial charge in [-0.05, 0) is 62.4 Å². The predicted molar refractivity (Wildman–Crippen MR) is 101 cm³/mol. The van der Waals surface area contributed by atoms with Gasteiger partial charge in [0, 0.05) is 30.8 Å². The second kappa shape index (κ2) is 8.71. The average Bonchev–Trinajstić information content (AvgIpc) is 3.11. The number of piperidine rings is 1. The lowest BCUT2D eigenvalue weighted by atomic mass is 9.93. The number of likely N-dealkylation sites (tertiary alicyclic amines) is 1. The van der Waals surface area contributed by atoms with E-state index >= 15 is 0 Å². The van der Waals surface area contributed by atoms with E-state index in [1.54, 1.807) is 11.0 Å². The molecule has 156 valence electrons. The fourth-order valence-electron chi connectivity index (χ4n) is 3.52. The predicted octanol–water partition coefficient (Wildman–Crippen LogP) is 4.88. The van der Waals surface area contributed by atoms with E-state index in [2.05, 4.69) is 5.32 Å². The molecule has 2 heterocycles. The van der Waals surface area contributed by atoms with Crippen molar-refractivity contribution >= 4 is 17.5 Å². The van der Waals surface area contributed by atoms with Crippen LogP contribution in [0, 0.1) is 12.8 Å². The van der Waals surface area contributed by atoms with Crippen LogP contribution in [0.25, 0.3) is 0 Å². The standard InChI is InChI=1S/C21H23F3N2O3/c1-14-10-12-29-19(14)20(28)26-11-2-3-15(13-26)4-9-18(27)25-17-7-5-16(6-8-17)21(22,23)24/h5-8,10,12,15H,2-4,9,11,13H2,1H3,(H,25,27)/t15-/m1/s1. The molecular formula is C21H23F3N2O3. The first kappa shape index (κ1) is 21.0. The number of nitrogens with one attached hydrogen (secondary N) is 1. The van der Waals surface area contributed by atoms with Gasteiger partial charge in [-0.1, -0.05) is 0 Å². The number of anilines is 1. The van der Waals surface area contributed by atoms with Crippen LogP contribution in [-0.4, -0.2) is 29.8 Å². The maximum absolute atomic E-state index is 12.6. The maximum atomic E-state index is 12.6. The zero-order valence-electron chi connectivity index (χ0n) is 16.1. The van der Waals surface area contributed by atoms with Crippen LogP contribution in [0.1, 0.15) is 47.4 Å². The van der Waals surface area contributed by atoms with Crippen molar-refractivity contribution in [3.8, 4) is 0 Å². The molecule has 29 heavy (non-hydrogen) atoms. The SMILES string of the molecule is Cc1ccoc1C(=O)N1CCC[C@H](CCC(=O)Nc2ccc(C(F)(F)F)cc2)C1. The Kier molecular flexibility index (Phi) is 6.30. The molecule has 3 rings (SSSR count). The van der Waals surface area contributed by atoms with Crippen molar-refractivity contribution in [2.75, 3.05) is 18.4 Å². The van der Waals surface area contributed by atoms with Gasteiger partial charge in [-0.25, -0.2) is 0 Å². The third kappa shape index (κ3) is 5.40. The van der Waals surface area contributed by atoms with Crippen molar-refractivity contribution in [3.63, 3.8) is 0 Å². The first-order chi connectivity index (χ1) is 13.7. The first-order valence-corrected chi connectivity index (χ1v) is 9.54. The van der Waals surface area contributed by atoms with Gasteiger partial charge in [-0.15, -0.1) is 0 Å². The normalized spacial score (nSPS) is 17.2. The van der Waals surface area contributed by atoms with E-state index in [4.69, 9.17) is 4.42 Å². The number of benzene rings is 1. The van der Waals surface area contributed by atoms with Crippen LogP contribution in [0.15, 0.2) is 41.0 Å². The van der Waals surface area contributed by atoms with E-state index in [0.717, 1.165) is 30.5 Å². The molecule has 1 aliphatic rings. The Morgan fingerprint density at radius 3 is 2.55 bits per heavy atom. The Morgan fingerprint density at radius 2 is 1.93 bits per heavy atom. The number of rotatable bonds is 5. The topological polar surface area (TPSA) is 62.6 Å². The Morgan fingerprint density at radius 1 is 1.21 bits per heavy atom. The van der Waals surface area contributed by atoms with Crippen molar-refractivity contribution in [2.24, 2.45) is 5.92 Å². The van der Waals surface area contributed by atoms with Crippen LogP contribution in [0.4, 0.5) is 18.9 Å². The highest BCUT2D eigenvalue weighted by molar-refractivity contribution is 5.93. The van der Waals surface area contributed by atoms with E-state index in [1.165, 1.54) is 18.4 Å². The molecule has 0 radical (unpaired) electrons. The molecule has 5 nitrogen and oxygen atoms in total. The molecule has 1 saturated heterocycles. The molecule has 2 aromatic rings. The van der Waals surface area contributed by atoms with Crippen LogP contribution in [0.5, 0.6) is 0 Å². The molecule has 0 spiro atoms. The number of amides is 2. The molecule has 0 saturated carbocycles. The molecule has 0 bridgehead atoms. The van der Waals surface area contributed by atoms with Crippen molar-refractivity contribution < 1.29 is 27.2 Å². The molecule has 1 aliphatic heterocycles. The van der Waals surface area contributed by atoms with Gasteiger partial charge in [0.15, 0.2) is 5.76 Å². The van der Waals surface area contributed by atoms with Crippen LogP contribution in [0.3, 0.4) is 0 Å².